The van der Waals surface area contributed by atoms with Crippen molar-refractivity contribution in [3.63, 3.8) is 0 Å². The fourth-order valence-electron chi connectivity index (χ4n) is 3.49. The normalized spacial score (nSPS) is 11.2. The molecule has 3 rings (SSSR count). The van der Waals surface area contributed by atoms with Crippen LogP contribution in [0.1, 0.15) is 27.2 Å². The largest absolute Gasteiger partial charge is 0.496 e. The molecule has 1 N–H and O–H groups in total. The standard InChI is InChI=1S/C24H26N2O4S/c1-6-15-26-18(4)17(3)22(31(28,29)19-13-11-16(2)12-14-19)23(26)25-24(27)20-9-7-8-10-21(20)30-5/h6-14H,1,15H2,2-5H3,(H,25,27). The molecule has 0 aliphatic carbocycles. The minimum Gasteiger partial charge on any atom is -0.496 e. The van der Waals surface area contributed by atoms with E-state index in [-0.39, 0.29) is 15.6 Å². The molecule has 1 heterocycles. The third-order valence-corrected chi connectivity index (χ3v) is 7.20. The number of nitrogens with one attached hydrogen (secondary N) is 1. The summed E-state index contributed by atoms with van der Waals surface area (Å²) in [5, 5.41) is 2.82. The molecule has 0 atom stereocenters. The molecule has 1 amide bonds. The monoisotopic (exact) mass is 438 g/mol. The van der Waals surface area contributed by atoms with Crippen LogP contribution >= 0.6 is 0 Å². The van der Waals surface area contributed by atoms with Crippen LogP contribution in [0, 0.1) is 20.8 Å². The Labute approximate surface area is 183 Å². The predicted octanol–water partition coefficient (Wildman–Crippen LogP) is 4.69. The number of aryl methyl sites for hydroxylation is 1. The lowest BCUT2D eigenvalue weighted by atomic mass is 10.2. The van der Waals surface area contributed by atoms with Gasteiger partial charge in [0.25, 0.3) is 5.91 Å². The summed E-state index contributed by atoms with van der Waals surface area (Å²) in [6.07, 6.45) is 1.66. The second kappa shape index (κ2) is 8.81. The van der Waals surface area contributed by atoms with E-state index in [0.29, 0.717) is 23.4 Å². The van der Waals surface area contributed by atoms with Crippen LogP contribution in [0.2, 0.25) is 0 Å². The van der Waals surface area contributed by atoms with Gasteiger partial charge in [-0.05, 0) is 50.6 Å². The van der Waals surface area contributed by atoms with E-state index in [2.05, 4.69) is 11.9 Å². The molecular formula is C24H26N2O4S. The smallest absolute Gasteiger partial charge is 0.260 e. The molecule has 0 fully saturated rings. The summed E-state index contributed by atoms with van der Waals surface area (Å²) in [5.41, 5.74) is 2.59. The number of aromatic nitrogens is 1. The fraction of sp³-hybridized carbons (Fsp3) is 0.208. The maximum absolute atomic E-state index is 13.6. The quantitative estimate of drug-likeness (QED) is 0.543. The Morgan fingerprint density at radius 1 is 1.10 bits per heavy atom. The molecular weight excluding hydrogens is 412 g/mol. The highest BCUT2D eigenvalue weighted by molar-refractivity contribution is 7.91. The zero-order valence-corrected chi connectivity index (χ0v) is 18.9. The Bertz CT molecular complexity index is 1240. The second-order valence-corrected chi connectivity index (χ2v) is 9.14. The lowest BCUT2D eigenvalue weighted by molar-refractivity contribution is 0.102. The van der Waals surface area contributed by atoms with Gasteiger partial charge in [-0.15, -0.1) is 6.58 Å². The number of sulfone groups is 1. The fourth-order valence-corrected chi connectivity index (χ4v) is 5.18. The van der Waals surface area contributed by atoms with Crippen molar-refractivity contribution < 1.29 is 17.9 Å². The number of nitrogens with zero attached hydrogens (tertiary/aromatic N) is 1. The van der Waals surface area contributed by atoms with Gasteiger partial charge in [0.1, 0.15) is 16.5 Å². The summed E-state index contributed by atoms with van der Waals surface area (Å²) in [4.78, 5) is 13.4. The molecule has 2 aromatic carbocycles. The molecule has 3 aromatic rings. The van der Waals surface area contributed by atoms with E-state index in [0.717, 1.165) is 11.3 Å². The number of ether oxygens (including phenoxy) is 1. The molecule has 0 radical (unpaired) electrons. The van der Waals surface area contributed by atoms with Gasteiger partial charge in [0.2, 0.25) is 9.84 Å². The minimum absolute atomic E-state index is 0.0824. The number of carbonyl (C=O) groups is 1. The highest BCUT2D eigenvalue weighted by Gasteiger charge is 2.30. The van der Waals surface area contributed by atoms with Crippen molar-refractivity contribution >= 4 is 21.6 Å². The van der Waals surface area contributed by atoms with Crippen LogP contribution < -0.4 is 10.1 Å². The number of rotatable bonds is 7. The lowest BCUT2D eigenvalue weighted by Crippen LogP contribution is -2.18. The minimum atomic E-state index is -3.88. The molecule has 162 valence electrons. The number of carbonyl (C=O) groups excluding carboxylic acids is 1. The average Bonchev–Trinajstić information content (AvgIpc) is 2.99. The van der Waals surface area contributed by atoms with Gasteiger partial charge < -0.3 is 14.6 Å². The number of methoxy groups -OCH3 is 1. The van der Waals surface area contributed by atoms with Crippen molar-refractivity contribution in [2.45, 2.75) is 37.1 Å². The first-order valence-corrected chi connectivity index (χ1v) is 11.3. The Kier molecular flexibility index (Phi) is 6.36. The van der Waals surface area contributed by atoms with Crippen LogP contribution in [-0.4, -0.2) is 26.0 Å². The summed E-state index contributed by atoms with van der Waals surface area (Å²) in [6, 6.07) is 13.5. The Morgan fingerprint density at radius 2 is 1.74 bits per heavy atom. The van der Waals surface area contributed by atoms with Crippen LogP contribution in [-0.2, 0) is 16.4 Å². The highest BCUT2D eigenvalue weighted by atomic mass is 32.2. The summed E-state index contributed by atoms with van der Waals surface area (Å²) >= 11 is 0. The summed E-state index contributed by atoms with van der Waals surface area (Å²) in [7, 11) is -2.40. The molecule has 0 aliphatic heterocycles. The van der Waals surface area contributed by atoms with Crippen molar-refractivity contribution in [1.29, 1.82) is 0 Å². The maximum Gasteiger partial charge on any atom is 0.260 e. The first-order valence-electron chi connectivity index (χ1n) is 9.79. The molecule has 0 bridgehead atoms. The topological polar surface area (TPSA) is 77.4 Å². The van der Waals surface area contributed by atoms with Gasteiger partial charge >= 0.3 is 0 Å². The van der Waals surface area contributed by atoms with E-state index in [1.807, 2.05) is 13.8 Å². The van der Waals surface area contributed by atoms with Gasteiger partial charge in [0.15, 0.2) is 0 Å². The van der Waals surface area contributed by atoms with E-state index in [4.69, 9.17) is 4.74 Å². The summed E-state index contributed by atoms with van der Waals surface area (Å²) in [5.74, 6) is 0.158. The Morgan fingerprint density at radius 3 is 2.35 bits per heavy atom. The predicted molar refractivity (Wildman–Crippen MR) is 122 cm³/mol. The first kappa shape index (κ1) is 22.4. The van der Waals surface area contributed by atoms with Crippen LogP contribution in [0.4, 0.5) is 5.82 Å². The SMILES string of the molecule is C=CCn1c(C)c(C)c(S(=O)(=O)c2ccc(C)cc2)c1NC(=O)c1ccccc1OC. The number of hydrogen-bond donors (Lipinski definition) is 1. The summed E-state index contributed by atoms with van der Waals surface area (Å²) in [6.45, 7) is 9.58. The Balaban J connectivity index is 2.19. The van der Waals surface area contributed by atoms with E-state index < -0.39 is 15.7 Å². The molecule has 7 heteroatoms. The van der Waals surface area contributed by atoms with Crippen LogP contribution in [0.5, 0.6) is 5.75 Å². The molecule has 31 heavy (non-hydrogen) atoms. The molecule has 6 nitrogen and oxygen atoms in total. The van der Waals surface area contributed by atoms with Crippen molar-refractivity contribution in [3.05, 3.63) is 83.6 Å². The second-order valence-electron chi connectivity index (χ2n) is 7.26. The van der Waals surface area contributed by atoms with E-state index in [1.54, 1.807) is 66.1 Å². The number of amides is 1. The van der Waals surface area contributed by atoms with Crippen molar-refractivity contribution in [3.8, 4) is 5.75 Å². The van der Waals surface area contributed by atoms with Gasteiger partial charge in [-0.1, -0.05) is 35.9 Å². The maximum atomic E-state index is 13.6. The number of anilines is 1. The van der Waals surface area contributed by atoms with E-state index >= 15 is 0 Å². The lowest BCUT2D eigenvalue weighted by Gasteiger charge is -2.14. The van der Waals surface area contributed by atoms with Crippen molar-refractivity contribution in [1.82, 2.24) is 4.57 Å². The van der Waals surface area contributed by atoms with Gasteiger partial charge in [0, 0.05) is 12.2 Å². The molecule has 0 saturated heterocycles. The molecule has 0 saturated carbocycles. The van der Waals surface area contributed by atoms with Crippen LogP contribution in [0.25, 0.3) is 0 Å². The van der Waals surface area contributed by atoms with Gasteiger partial charge in [-0.3, -0.25) is 4.79 Å². The molecule has 0 aliphatic rings. The molecule has 0 unspecified atom stereocenters. The zero-order valence-electron chi connectivity index (χ0n) is 18.1. The third-order valence-electron chi connectivity index (χ3n) is 5.27. The molecule has 1 aromatic heterocycles. The van der Waals surface area contributed by atoms with Crippen LogP contribution in [0.3, 0.4) is 0 Å². The van der Waals surface area contributed by atoms with Crippen molar-refractivity contribution in [2.24, 2.45) is 0 Å². The van der Waals surface area contributed by atoms with Crippen LogP contribution in [0.15, 0.2) is 71.0 Å². The van der Waals surface area contributed by atoms with Gasteiger partial charge in [-0.25, -0.2) is 8.42 Å². The van der Waals surface area contributed by atoms with E-state index in [1.165, 1.54) is 7.11 Å². The summed E-state index contributed by atoms with van der Waals surface area (Å²) < 4.78 is 34.2. The number of para-hydroxylation sites is 1. The average molecular weight is 439 g/mol. The number of hydrogen-bond acceptors (Lipinski definition) is 4. The van der Waals surface area contributed by atoms with Gasteiger partial charge in [0.05, 0.1) is 17.6 Å². The van der Waals surface area contributed by atoms with Gasteiger partial charge in [-0.2, -0.15) is 0 Å². The third kappa shape index (κ3) is 4.14. The number of benzene rings is 2. The first-order chi connectivity index (χ1) is 14.7. The van der Waals surface area contributed by atoms with Crippen molar-refractivity contribution in [2.75, 3.05) is 12.4 Å². The highest BCUT2D eigenvalue weighted by Crippen LogP contribution is 2.36. The molecule has 0 spiro atoms. The Hall–Kier alpha value is -3.32. The number of allylic oxidation sites excluding steroid dienone is 1. The van der Waals surface area contributed by atoms with E-state index in [9.17, 15) is 13.2 Å². The zero-order chi connectivity index (χ0) is 22.8.